The smallest absolute Gasteiger partial charge is 0.138 e. The van der Waals surface area contributed by atoms with Crippen molar-refractivity contribution in [1.29, 1.82) is 21.3 Å². The number of hydrogen-bond acceptors (Lipinski definition) is 4. The van der Waals surface area contributed by atoms with Crippen LogP contribution in [0.5, 0.6) is 0 Å². The maximum atomic E-state index is 9.92. The molecule has 2 aliphatic carbocycles. The molecule has 0 fully saturated rings. The summed E-state index contributed by atoms with van der Waals surface area (Å²) in [6.07, 6.45) is 2.44. The largest absolute Gasteiger partial charge is 0.308 e. The van der Waals surface area contributed by atoms with Crippen molar-refractivity contribution in [2.45, 2.75) is 0 Å². The van der Waals surface area contributed by atoms with Gasteiger partial charge in [-0.1, -0.05) is 72.8 Å². The first-order chi connectivity index (χ1) is 18.7. The number of benzene rings is 5. The molecule has 0 amide bonds. The van der Waals surface area contributed by atoms with E-state index in [9.17, 15) is 10.5 Å². The monoisotopic (exact) mass is 482 g/mol. The Balaban J connectivity index is 1.69. The van der Waals surface area contributed by atoms with Crippen molar-refractivity contribution in [2.24, 2.45) is 0 Å². The van der Waals surface area contributed by atoms with Gasteiger partial charge >= 0.3 is 0 Å². The minimum absolute atomic E-state index is 0.0750. The highest BCUT2D eigenvalue weighted by Gasteiger charge is 2.34. The van der Waals surface area contributed by atoms with Crippen LogP contribution in [0.25, 0.3) is 54.9 Å². The molecule has 0 saturated heterocycles. The Morgan fingerprint density at radius 1 is 0.553 bits per heavy atom. The number of rotatable bonds is 2. The van der Waals surface area contributed by atoms with Gasteiger partial charge in [-0.2, -0.15) is 10.5 Å². The molecule has 174 valence electrons. The van der Waals surface area contributed by atoms with Crippen LogP contribution in [0, 0.1) is 33.5 Å². The lowest BCUT2D eigenvalue weighted by atomic mass is 9.92. The van der Waals surface area contributed by atoms with Crippen LogP contribution in [-0.4, -0.2) is 12.4 Å². The summed E-state index contributed by atoms with van der Waals surface area (Å²) in [5, 5.41) is 40.4. The van der Waals surface area contributed by atoms with Crippen molar-refractivity contribution in [3.05, 3.63) is 118 Å². The number of nitrogens with one attached hydrogen (secondary N) is 2. The van der Waals surface area contributed by atoms with E-state index in [1.54, 1.807) is 0 Å². The van der Waals surface area contributed by atoms with E-state index >= 15 is 0 Å². The summed E-state index contributed by atoms with van der Waals surface area (Å²) in [5.74, 6) is 0. The average Bonchev–Trinajstić information content (AvgIpc) is 3.46. The zero-order chi connectivity index (χ0) is 26.0. The molecule has 0 bridgehead atoms. The molecule has 5 aromatic rings. The average molecular weight is 483 g/mol. The summed E-state index contributed by atoms with van der Waals surface area (Å²) in [6.45, 7) is 0. The van der Waals surface area contributed by atoms with Crippen molar-refractivity contribution >= 4 is 45.1 Å². The van der Waals surface area contributed by atoms with Gasteiger partial charge in [0.1, 0.15) is 17.7 Å². The lowest BCUT2D eigenvalue weighted by Gasteiger charge is -2.10. The number of allylic oxidation sites excluding steroid dienone is 2. The summed E-state index contributed by atoms with van der Waals surface area (Å²) in [5.41, 5.74) is 9.76. The Morgan fingerprint density at radius 2 is 1.03 bits per heavy atom. The van der Waals surface area contributed by atoms with E-state index in [4.69, 9.17) is 10.8 Å². The Bertz CT molecular complexity index is 2050. The SMILES string of the molecule is N#CC(C#N)=C1c2cc3c(cc2-c2c1ccc1ccccc21)-c1c(ccc2ccccc12)C3=C(C=N)C=N. The van der Waals surface area contributed by atoms with Crippen LogP contribution in [0.15, 0.2) is 96.1 Å². The van der Waals surface area contributed by atoms with E-state index in [2.05, 4.69) is 60.7 Å². The van der Waals surface area contributed by atoms with Gasteiger partial charge in [-0.05, 0) is 78.2 Å². The van der Waals surface area contributed by atoms with E-state index in [1.807, 2.05) is 36.4 Å². The molecule has 7 rings (SSSR count). The fourth-order valence-electron chi connectivity index (χ4n) is 6.16. The van der Waals surface area contributed by atoms with Crippen LogP contribution in [0.4, 0.5) is 0 Å². The van der Waals surface area contributed by atoms with Crippen LogP contribution < -0.4 is 0 Å². The van der Waals surface area contributed by atoms with Gasteiger partial charge in [0.15, 0.2) is 0 Å². The molecule has 2 N–H and O–H groups in total. The number of hydrogen-bond donors (Lipinski definition) is 2. The molecule has 0 unspecified atom stereocenters. The molecule has 0 radical (unpaired) electrons. The van der Waals surface area contributed by atoms with Crippen LogP contribution in [0.2, 0.25) is 0 Å². The molecular weight excluding hydrogens is 464 g/mol. The van der Waals surface area contributed by atoms with Crippen molar-refractivity contribution in [3.8, 4) is 34.4 Å². The van der Waals surface area contributed by atoms with E-state index in [1.165, 1.54) is 12.4 Å². The van der Waals surface area contributed by atoms with Crippen molar-refractivity contribution in [2.75, 3.05) is 0 Å². The van der Waals surface area contributed by atoms with E-state index in [0.717, 1.165) is 71.6 Å². The molecule has 0 aromatic heterocycles. The molecule has 0 spiro atoms. The van der Waals surface area contributed by atoms with E-state index in [0.29, 0.717) is 11.1 Å². The molecule has 0 heterocycles. The second-order valence-electron chi connectivity index (χ2n) is 9.45. The Kier molecular flexibility index (Phi) is 4.54. The first-order valence-electron chi connectivity index (χ1n) is 12.2. The Morgan fingerprint density at radius 3 is 1.55 bits per heavy atom. The second-order valence-corrected chi connectivity index (χ2v) is 9.45. The zero-order valence-electron chi connectivity index (χ0n) is 20.1. The van der Waals surface area contributed by atoms with Gasteiger partial charge in [0, 0.05) is 29.1 Å². The van der Waals surface area contributed by atoms with Crippen molar-refractivity contribution in [1.82, 2.24) is 0 Å². The lowest BCUT2D eigenvalue weighted by molar-refractivity contribution is 1.46. The summed E-state index contributed by atoms with van der Waals surface area (Å²) < 4.78 is 0. The van der Waals surface area contributed by atoms with Crippen LogP contribution in [-0.2, 0) is 0 Å². The van der Waals surface area contributed by atoms with Gasteiger partial charge in [0.2, 0.25) is 0 Å². The number of fused-ring (bicyclic) bond motifs is 10. The maximum Gasteiger partial charge on any atom is 0.138 e. The normalized spacial score (nSPS) is 12.3. The summed E-state index contributed by atoms with van der Waals surface area (Å²) in [7, 11) is 0. The molecule has 0 aliphatic heterocycles. The fraction of sp³-hybridized carbons (Fsp3) is 0. The quantitative estimate of drug-likeness (QED) is 0.193. The van der Waals surface area contributed by atoms with Gasteiger partial charge in [0.05, 0.1) is 0 Å². The molecule has 38 heavy (non-hydrogen) atoms. The van der Waals surface area contributed by atoms with Gasteiger partial charge in [-0.15, -0.1) is 0 Å². The molecule has 2 aliphatic rings. The Hall–Kier alpha value is -5.58. The predicted molar refractivity (Wildman–Crippen MR) is 153 cm³/mol. The molecule has 4 nitrogen and oxygen atoms in total. The minimum Gasteiger partial charge on any atom is -0.308 e. The highest BCUT2D eigenvalue weighted by molar-refractivity contribution is 6.23. The lowest BCUT2D eigenvalue weighted by Crippen LogP contribution is -1.95. The fourth-order valence-corrected chi connectivity index (χ4v) is 6.16. The Labute approximate surface area is 219 Å². The second kappa shape index (κ2) is 7.96. The zero-order valence-corrected chi connectivity index (χ0v) is 20.1. The van der Waals surface area contributed by atoms with Crippen LogP contribution in [0.3, 0.4) is 0 Å². The number of nitriles is 2. The molecular formula is C34H18N4. The summed E-state index contributed by atoms with van der Waals surface area (Å²) in [4.78, 5) is 0. The van der Waals surface area contributed by atoms with Gasteiger partial charge in [-0.25, -0.2) is 0 Å². The third kappa shape index (κ3) is 2.72. The van der Waals surface area contributed by atoms with Gasteiger partial charge in [0.25, 0.3) is 0 Å². The minimum atomic E-state index is 0.0750. The maximum absolute atomic E-state index is 9.92. The summed E-state index contributed by atoms with van der Waals surface area (Å²) in [6, 6.07) is 33.1. The van der Waals surface area contributed by atoms with Crippen LogP contribution in [0.1, 0.15) is 22.3 Å². The standard InChI is InChI=1S/C34H18N4/c35-15-21(16-36)31-25-11-9-19-5-1-3-7-23(19)33(25)29-14-30-28(13-27(29)31)32(22(17-37)18-38)26-12-10-20-6-2-4-8-24(20)34(26)30/h1-16,35-36H. The molecule has 5 aromatic carbocycles. The van der Waals surface area contributed by atoms with Crippen molar-refractivity contribution in [3.63, 3.8) is 0 Å². The van der Waals surface area contributed by atoms with E-state index < -0.39 is 0 Å². The molecule has 0 atom stereocenters. The first kappa shape index (κ1) is 21.7. The van der Waals surface area contributed by atoms with E-state index in [-0.39, 0.29) is 5.57 Å². The van der Waals surface area contributed by atoms with Gasteiger partial charge < -0.3 is 10.8 Å². The number of nitrogens with zero attached hydrogens (tertiary/aromatic N) is 2. The topological polar surface area (TPSA) is 95.3 Å². The summed E-state index contributed by atoms with van der Waals surface area (Å²) >= 11 is 0. The first-order valence-corrected chi connectivity index (χ1v) is 12.2. The molecule has 0 saturated carbocycles. The highest BCUT2D eigenvalue weighted by Crippen LogP contribution is 2.55. The third-order valence-corrected chi connectivity index (χ3v) is 7.71. The highest BCUT2D eigenvalue weighted by atomic mass is 14.4. The predicted octanol–water partition coefficient (Wildman–Crippen LogP) is 7.90. The van der Waals surface area contributed by atoms with Crippen LogP contribution >= 0.6 is 0 Å². The van der Waals surface area contributed by atoms with Crippen molar-refractivity contribution < 1.29 is 0 Å². The third-order valence-electron chi connectivity index (χ3n) is 7.71. The molecule has 4 heteroatoms. The van der Waals surface area contributed by atoms with Gasteiger partial charge in [-0.3, -0.25) is 0 Å².